The molecule has 0 amide bonds. The zero-order valence-electron chi connectivity index (χ0n) is 26.8. The van der Waals surface area contributed by atoms with E-state index in [0.29, 0.717) is 23.7 Å². The second-order valence-corrected chi connectivity index (χ2v) is 13.8. The van der Waals surface area contributed by atoms with Crippen LogP contribution in [-0.4, -0.2) is 0 Å². The van der Waals surface area contributed by atoms with E-state index in [9.17, 15) is 0 Å². The van der Waals surface area contributed by atoms with Gasteiger partial charge in [0, 0.05) is 35.5 Å². The third-order valence-electron chi connectivity index (χ3n) is 11.4. The van der Waals surface area contributed by atoms with Crippen molar-refractivity contribution < 1.29 is 0 Å². The highest BCUT2D eigenvalue weighted by atomic mass is 14.4. The van der Waals surface area contributed by atoms with Crippen LogP contribution in [0.15, 0.2) is 188 Å². The number of hydrogen-bond donors (Lipinski definition) is 0. The molecular weight excluding hydrogens is 577 g/mol. The van der Waals surface area contributed by atoms with Crippen LogP contribution in [0.1, 0.15) is 11.1 Å². The fourth-order valence-corrected chi connectivity index (χ4v) is 9.40. The SMILES string of the molecule is C1=CC2C=CC=C(C3=c4ccccc4=C(c4c5ccccc5c(C5=CC=CC6C=CC=CC56)c5ccccc45)C4C=CC=CC34)C2C=C1. The first-order chi connectivity index (χ1) is 23.9. The van der Waals surface area contributed by atoms with Crippen LogP contribution in [0.5, 0.6) is 0 Å². The third kappa shape index (κ3) is 4.09. The summed E-state index contributed by atoms with van der Waals surface area (Å²) in [4.78, 5) is 0. The molecule has 6 aliphatic rings. The van der Waals surface area contributed by atoms with Gasteiger partial charge in [0.1, 0.15) is 0 Å². The Morgan fingerprint density at radius 3 is 1.29 bits per heavy atom. The van der Waals surface area contributed by atoms with Gasteiger partial charge in [-0.2, -0.15) is 0 Å². The largest absolute Gasteiger partial charge is 0.0767 e. The van der Waals surface area contributed by atoms with Crippen LogP contribution < -0.4 is 10.4 Å². The summed E-state index contributed by atoms with van der Waals surface area (Å²) in [6.45, 7) is 0. The van der Waals surface area contributed by atoms with Crippen molar-refractivity contribution in [3.8, 4) is 0 Å². The lowest BCUT2D eigenvalue weighted by Gasteiger charge is -2.38. The Morgan fingerprint density at radius 2 is 0.708 bits per heavy atom. The molecule has 4 aromatic rings. The second-order valence-electron chi connectivity index (χ2n) is 13.8. The molecule has 0 nitrogen and oxygen atoms in total. The molecule has 10 rings (SSSR count). The normalized spacial score (nSPS) is 27.5. The molecule has 0 spiro atoms. The minimum Gasteiger partial charge on any atom is -0.0767 e. The maximum Gasteiger partial charge on any atom is 0.0138 e. The van der Waals surface area contributed by atoms with Gasteiger partial charge >= 0.3 is 0 Å². The van der Waals surface area contributed by atoms with Gasteiger partial charge in [0.05, 0.1) is 0 Å². The Kier molecular flexibility index (Phi) is 6.37. The standard InChI is InChI=1S/C48H36/c1-3-19-33-31(15-1)17-13-29-35(33)45-37-21-5-9-25-41(37)47(42-26-10-6-22-38(42)45)48-43-27-11-7-23-39(43)46(40-24-8-12-28-44(40)48)36-30-14-18-32-16-2-4-20-34(32)36/h1-34,37,41H. The van der Waals surface area contributed by atoms with Crippen molar-refractivity contribution in [3.05, 3.63) is 209 Å². The van der Waals surface area contributed by atoms with Crippen LogP contribution in [0.25, 0.3) is 38.3 Å². The first-order valence-electron chi connectivity index (χ1n) is 17.5. The Balaban J connectivity index is 1.32. The summed E-state index contributed by atoms with van der Waals surface area (Å²) in [6.07, 6.45) is 41.8. The molecule has 6 aliphatic carbocycles. The highest BCUT2D eigenvalue weighted by Crippen LogP contribution is 2.50. The minimum absolute atomic E-state index is 0.221. The molecule has 0 aliphatic heterocycles. The molecule has 0 bridgehead atoms. The Labute approximate surface area is 282 Å². The fourth-order valence-electron chi connectivity index (χ4n) is 9.40. The van der Waals surface area contributed by atoms with E-state index in [4.69, 9.17) is 0 Å². The van der Waals surface area contributed by atoms with E-state index in [0.717, 1.165) is 0 Å². The summed E-state index contributed by atoms with van der Waals surface area (Å²) < 4.78 is 0. The number of rotatable bonds is 3. The molecule has 0 saturated carbocycles. The fraction of sp³-hybridized carbons (Fsp3) is 0.125. The maximum absolute atomic E-state index is 2.47. The first kappa shape index (κ1) is 27.6. The number of benzene rings is 4. The maximum atomic E-state index is 2.47. The van der Waals surface area contributed by atoms with E-state index in [2.05, 4.69) is 182 Å². The van der Waals surface area contributed by atoms with E-state index in [-0.39, 0.29) is 11.8 Å². The molecule has 0 fully saturated rings. The molecule has 228 valence electrons. The number of fused-ring (bicyclic) bond motifs is 6. The number of allylic oxidation sites excluding steroid dienone is 20. The molecule has 0 heteroatoms. The van der Waals surface area contributed by atoms with Crippen LogP contribution in [0.4, 0.5) is 0 Å². The Hall–Kier alpha value is -5.46. The smallest absolute Gasteiger partial charge is 0.0138 e. The van der Waals surface area contributed by atoms with Gasteiger partial charge in [-0.25, -0.2) is 0 Å². The molecule has 6 unspecified atom stereocenters. The summed E-state index contributed by atoms with van der Waals surface area (Å²) in [7, 11) is 0. The molecule has 48 heavy (non-hydrogen) atoms. The lowest BCUT2D eigenvalue weighted by molar-refractivity contribution is 0.612. The van der Waals surface area contributed by atoms with E-state index < -0.39 is 0 Å². The highest BCUT2D eigenvalue weighted by Gasteiger charge is 2.37. The van der Waals surface area contributed by atoms with Gasteiger partial charge in [-0.05, 0) is 65.4 Å². The number of hydrogen-bond acceptors (Lipinski definition) is 0. The predicted octanol–water partition coefficient (Wildman–Crippen LogP) is 9.88. The minimum atomic E-state index is 0.221. The van der Waals surface area contributed by atoms with Gasteiger partial charge in [-0.1, -0.05) is 182 Å². The topological polar surface area (TPSA) is 0 Å². The van der Waals surface area contributed by atoms with Crippen LogP contribution in [0.3, 0.4) is 0 Å². The van der Waals surface area contributed by atoms with Crippen molar-refractivity contribution in [2.45, 2.75) is 0 Å². The zero-order chi connectivity index (χ0) is 31.6. The second kappa shape index (κ2) is 11.1. The van der Waals surface area contributed by atoms with Crippen LogP contribution in [-0.2, 0) is 0 Å². The summed E-state index contributed by atoms with van der Waals surface area (Å²) in [6, 6.07) is 27.6. The average Bonchev–Trinajstić information content (AvgIpc) is 3.16. The lowest BCUT2D eigenvalue weighted by Crippen LogP contribution is -2.41. The first-order valence-corrected chi connectivity index (χ1v) is 17.5. The molecule has 0 radical (unpaired) electrons. The Morgan fingerprint density at radius 1 is 0.312 bits per heavy atom. The monoisotopic (exact) mass is 612 g/mol. The van der Waals surface area contributed by atoms with E-state index in [1.807, 2.05) is 0 Å². The van der Waals surface area contributed by atoms with Gasteiger partial charge < -0.3 is 0 Å². The summed E-state index contributed by atoms with van der Waals surface area (Å²) in [5, 5.41) is 8.08. The van der Waals surface area contributed by atoms with Gasteiger partial charge in [-0.15, -0.1) is 0 Å². The average molecular weight is 613 g/mol. The van der Waals surface area contributed by atoms with Crippen LogP contribution >= 0.6 is 0 Å². The van der Waals surface area contributed by atoms with Crippen molar-refractivity contribution >= 4 is 38.3 Å². The van der Waals surface area contributed by atoms with Gasteiger partial charge in [0.2, 0.25) is 0 Å². The highest BCUT2D eigenvalue weighted by molar-refractivity contribution is 6.16. The van der Waals surface area contributed by atoms with Crippen molar-refractivity contribution in [2.75, 3.05) is 0 Å². The summed E-state index contributed by atoms with van der Waals surface area (Å²) >= 11 is 0. The van der Waals surface area contributed by atoms with Crippen molar-refractivity contribution in [3.63, 3.8) is 0 Å². The van der Waals surface area contributed by atoms with Crippen LogP contribution in [0, 0.1) is 35.5 Å². The molecule has 4 aromatic carbocycles. The lowest BCUT2D eigenvalue weighted by atomic mass is 9.65. The Bertz CT molecular complexity index is 2420. The molecule has 6 atom stereocenters. The quantitative estimate of drug-likeness (QED) is 0.202. The van der Waals surface area contributed by atoms with Crippen LogP contribution in [0.2, 0.25) is 0 Å². The van der Waals surface area contributed by atoms with Crippen molar-refractivity contribution in [1.29, 1.82) is 0 Å². The third-order valence-corrected chi connectivity index (χ3v) is 11.4. The van der Waals surface area contributed by atoms with Gasteiger partial charge in [0.15, 0.2) is 0 Å². The zero-order valence-corrected chi connectivity index (χ0v) is 26.8. The van der Waals surface area contributed by atoms with E-state index in [1.54, 1.807) is 0 Å². The molecular formula is C48H36. The molecule has 0 saturated heterocycles. The molecule has 0 N–H and O–H groups in total. The summed E-state index contributed by atoms with van der Waals surface area (Å²) in [5.41, 5.74) is 8.54. The van der Waals surface area contributed by atoms with Gasteiger partial charge in [-0.3, -0.25) is 0 Å². The molecule has 0 aromatic heterocycles. The molecule has 0 heterocycles. The van der Waals surface area contributed by atoms with E-state index in [1.165, 1.54) is 65.4 Å². The van der Waals surface area contributed by atoms with E-state index >= 15 is 0 Å². The van der Waals surface area contributed by atoms with Crippen molar-refractivity contribution in [2.24, 2.45) is 35.5 Å². The summed E-state index contributed by atoms with van der Waals surface area (Å²) in [5.74, 6) is 1.95. The van der Waals surface area contributed by atoms with Gasteiger partial charge in [0.25, 0.3) is 0 Å². The predicted molar refractivity (Wildman–Crippen MR) is 203 cm³/mol. The van der Waals surface area contributed by atoms with Crippen molar-refractivity contribution in [1.82, 2.24) is 0 Å².